The Balaban J connectivity index is 1.96. The number of guanidine groups is 1. The lowest BCUT2D eigenvalue weighted by molar-refractivity contribution is 0.260. The molecule has 20 heavy (non-hydrogen) atoms. The minimum atomic E-state index is 0.0560. The normalized spacial score (nSPS) is 26.8. The van der Waals surface area contributed by atoms with Crippen molar-refractivity contribution < 1.29 is 0 Å². The van der Waals surface area contributed by atoms with Crippen molar-refractivity contribution in [3.8, 4) is 0 Å². The van der Waals surface area contributed by atoms with Crippen molar-refractivity contribution >= 4 is 11.6 Å². The molecule has 1 atom stereocenters. The van der Waals surface area contributed by atoms with Crippen LogP contribution < -0.4 is 10.6 Å². The number of likely N-dealkylation sites (tertiary alicyclic amines) is 1. The zero-order valence-electron chi connectivity index (χ0n) is 12.6. The summed E-state index contributed by atoms with van der Waals surface area (Å²) in [7, 11) is 0. The summed E-state index contributed by atoms with van der Waals surface area (Å²) in [5, 5.41) is 0. The van der Waals surface area contributed by atoms with E-state index in [1.165, 1.54) is 11.3 Å². The number of benzene rings is 1. The van der Waals surface area contributed by atoms with E-state index in [9.17, 15) is 0 Å². The third-order valence-corrected chi connectivity index (χ3v) is 4.69. The minimum Gasteiger partial charge on any atom is -0.369 e. The van der Waals surface area contributed by atoms with Crippen molar-refractivity contribution in [3.63, 3.8) is 0 Å². The maximum atomic E-state index is 6.21. The molecule has 2 aliphatic heterocycles. The van der Waals surface area contributed by atoms with Crippen molar-refractivity contribution in [3.05, 3.63) is 29.8 Å². The summed E-state index contributed by atoms with van der Waals surface area (Å²) in [6, 6.07) is 9.03. The number of hydrogen-bond donors (Lipinski definition) is 1. The van der Waals surface area contributed by atoms with Crippen LogP contribution in [-0.2, 0) is 0 Å². The Hall–Kier alpha value is -1.55. The molecule has 2 N–H and O–H groups in total. The van der Waals surface area contributed by atoms with Gasteiger partial charge in [-0.1, -0.05) is 18.2 Å². The van der Waals surface area contributed by atoms with Crippen LogP contribution in [0.15, 0.2) is 29.3 Å². The molecule has 0 saturated carbocycles. The van der Waals surface area contributed by atoms with Gasteiger partial charge in [-0.15, -0.1) is 0 Å². The molecule has 4 heteroatoms. The number of aliphatic imine (C=N–C) groups is 1. The average Bonchev–Trinajstić information content (AvgIpc) is 2.97. The summed E-state index contributed by atoms with van der Waals surface area (Å²) in [6.45, 7) is 9.65. The minimum absolute atomic E-state index is 0.0560. The Morgan fingerprint density at radius 2 is 2.05 bits per heavy atom. The molecular formula is C16H24N4. The third kappa shape index (κ3) is 1.99. The van der Waals surface area contributed by atoms with E-state index in [-0.39, 0.29) is 5.54 Å². The fraction of sp³-hybridized carbons (Fsp3) is 0.562. The fourth-order valence-corrected chi connectivity index (χ4v) is 3.45. The summed E-state index contributed by atoms with van der Waals surface area (Å²) >= 11 is 0. The largest absolute Gasteiger partial charge is 0.369 e. The first-order valence-electron chi connectivity index (χ1n) is 7.43. The molecule has 108 valence electrons. The van der Waals surface area contributed by atoms with Crippen LogP contribution in [0.25, 0.3) is 0 Å². The number of aryl methyl sites for hydroxylation is 1. The first-order chi connectivity index (χ1) is 9.53. The van der Waals surface area contributed by atoms with E-state index in [0.717, 1.165) is 26.1 Å². The Bertz CT molecular complexity index is 537. The van der Waals surface area contributed by atoms with Crippen molar-refractivity contribution in [1.82, 2.24) is 4.90 Å². The molecule has 1 saturated heterocycles. The SMILES string of the molecule is Cc1ccccc1N1C(N)=NCC12CCN(C(C)C)C2. The van der Waals surface area contributed by atoms with E-state index in [1.807, 2.05) is 0 Å². The van der Waals surface area contributed by atoms with Crippen LogP contribution >= 0.6 is 0 Å². The maximum absolute atomic E-state index is 6.21. The molecule has 2 aliphatic rings. The van der Waals surface area contributed by atoms with Crippen LogP contribution in [-0.4, -0.2) is 42.1 Å². The topological polar surface area (TPSA) is 44.9 Å². The lowest BCUT2D eigenvalue weighted by Crippen LogP contribution is -2.54. The van der Waals surface area contributed by atoms with Gasteiger partial charge in [0.1, 0.15) is 0 Å². The Kier molecular flexibility index (Phi) is 3.21. The zero-order chi connectivity index (χ0) is 14.3. The van der Waals surface area contributed by atoms with E-state index in [2.05, 4.69) is 59.8 Å². The van der Waals surface area contributed by atoms with Gasteiger partial charge in [-0.3, -0.25) is 9.89 Å². The van der Waals surface area contributed by atoms with Crippen molar-refractivity contribution in [2.45, 2.75) is 38.8 Å². The van der Waals surface area contributed by atoms with Gasteiger partial charge in [0.05, 0.1) is 12.1 Å². The highest BCUT2D eigenvalue weighted by Gasteiger charge is 2.48. The highest BCUT2D eigenvalue weighted by atomic mass is 15.4. The van der Waals surface area contributed by atoms with Crippen LogP contribution in [0.5, 0.6) is 0 Å². The van der Waals surface area contributed by atoms with Crippen LogP contribution in [0.4, 0.5) is 5.69 Å². The first-order valence-corrected chi connectivity index (χ1v) is 7.43. The second kappa shape index (κ2) is 4.77. The van der Waals surface area contributed by atoms with Gasteiger partial charge >= 0.3 is 0 Å². The zero-order valence-corrected chi connectivity index (χ0v) is 12.6. The van der Waals surface area contributed by atoms with Crippen LogP contribution in [0.3, 0.4) is 0 Å². The monoisotopic (exact) mass is 272 g/mol. The second-order valence-corrected chi connectivity index (χ2v) is 6.33. The van der Waals surface area contributed by atoms with Gasteiger partial charge in [0.25, 0.3) is 0 Å². The summed E-state index contributed by atoms with van der Waals surface area (Å²) < 4.78 is 0. The predicted molar refractivity (Wildman–Crippen MR) is 84.2 cm³/mol. The van der Waals surface area contributed by atoms with Gasteiger partial charge < -0.3 is 10.6 Å². The summed E-state index contributed by atoms with van der Waals surface area (Å²) in [5.74, 6) is 0.671. The molecular weight excluding hydrogens is 248 g/mol. The summed E-state index contributed by atoms with van der Waals surface area (Å²) in [5.41, 5.74) is 8.73. The fourth-order valence-electron chi connectivity index (χ4n) is 3.45. The molecule has 2 heterocycles. The molecule has 1 fully saturated rings. The first kappa shape index (κ1) is 13.4. The Morgan fingerprint density at radius 3 is 2.70 bits per heavy atom. The lowest BCUT2D eigenvalue weighted by atomic mass is 9.96. The molecule has 3 rings (SSSR count). The van der Waals surface area contributed by atoms with Crippen LogP contribution in [0, 0.1) is 6.92 Å². The molecule has 0 amide bonds. The van der Waals surface area contributed by atoms with E-state index < -0.39 is 0 Å². The number of hydrogen-bond acceptors (Lipinski definition) is 4. The maximum Gasteiger partial charge on any atom is 0.196 e. The van der Waals surface area contributed by atoms with E-state index in [0.29, 0.717) is 12.0 Å². The van der Waals surface area contributed by atoms with Gasteiger partial charge in [0, 0.05) is 24.8 Å². The Morgan fingerprint density at radius 1 is 1.30 bits per heavy atom. The second-order valence-electron chi connectivity index (χ2n) is 6.33. The van der Waals surface area contributed by atoms with Crippen LogP contribution in [0.2, 0.25) is 0 Å². The van der Waals surface area contributed by atoms with Crippen molar-refractivity contribution in [2.75, 3.05) is 24.5 Å². The Labute approximate surface area is 121 Å². The molecule has 0 bridgehead atoms. The molecule has 1 unspecified atom stereocenters. The molecule has 4 nitrogen and oxygen atoms in total. The van der Waals surface area contributed by atoms with E-state index >= 15 is 0 Å². The standard InChI is InChI=1S/C16H24N4/c1-12(2)19-9-8-16(11-19)10-18-15(17)20(16)14-7-5-4-6-13(14)3/h4-7,12H,8-11H2,1-3H3,(H2,17,18). The number of para-hydroxylation sites is 1. The number of anilines is 1. The highest BCUT2D eigenvalue weighted by Crippen LogP contribution is 2.37. The quantitative estimate of drug-likeness (QED) is 0.895. The highest BCUT2D eigenvalue weighted by molar-refractivity contribution is 5.99. The van der Waals surface area contributed by atoms with Gasteiger partial charge in [-0.25, -0.2) is 0 Å². The average molecular weight is 272 g/mol. The lowest BCUT2D eigenvalue weighted by Gasteiger charge is -2.37. The molecule has 1 spiro atoms. The molecule has 1 aromatic carbocycles. The number of nitrogens with two attached hydrogens (primary N) is 1. The molecule has 0 radical (unpaired) electrons. The smallest absolute Gasteiger partial charge is 0.196 e. The van der Waals surface area contributed by atoms with Crippen molar-refractivity contribution in [2.24, 2.45) is 10.7 Å². The van der Waals surface area contributed by atoms with Gasteiger partial charge in [-0.2, -0.15) is 0 Å². The third-order valence-electron chi connectivity index (χ3n) is 4.69. The number of nitrogens with zero attached hydrogens (tertiary/aromatic N) is 3. The summed E-state index contributed by atoms with van der Waals surface area (Å²) in [4.78, 5) is 9.37. The van der Waals surface area contributed by atoms with Crippen LogP contribution in [0.1, 0.15) is 25.8 Å². The van der Waals surface area contributed by atoms with Gasteiger partial charge in [-0.05, 0) is 38.8 Å². The van der Waals surface area contributed by atoms with E-state index in [1.54, 1.807) is 0 Å². The molecule has 1 aromatic rings. The van der Waals surface area contributed by atoms with E-state index in [4.69, 9.17) is 5.73 Å². The number of rotatable bonds is 2. The van der Waals surface area contributed by atoms with Gasteiger partial charge in [0.2, 0.25) is 0 Å². The van der Waals surface area contributed by atoms with Crippen molar-refractivity contribution in [1.29, 1.82) is 0 Å². The molecule has 0 aromatic heterocycles. The van der Waals surface area contributed by atoms with Gasteiger partial charge in [0.15, 0.2) is 5.96 Å². The molecule has 0 aliphatic carbocycles. The predicted octanol–water partition coefficient (Wildman–Crippen LogP) is 1.98. The summed E-state index contributed by atoms with van der Waals surface area (Å²) in [6.07, 6.45) is 1.13.